The van der Waals surface area contributed by atoms with Crippen molar-refractivity contribution >= 4 is 5.91 Å². The molecule has 19 heteroatoms. The van der Waals surface area contributed by atoms with Gasteiger partial charge < -0.3 is 89.9 Å². The lowest BCUT2D eigenvalue weighted by Gasteiger charge is -2.48. The van der Waals surface area contributed by atoms with Gasteiger partial charge >= 0.3 is 0 Å². The zero-order valence-corrected chi connectivity index (χ0v) is 69.0. The summed E-state index contributed by atoms with van der Waals surface area (Å²) in [6, 6.07) is -0.993. The molecule has 17 unspecified atom stereocenters. The molecule has 0 aliphatic carbocycles. The Balaban J connectivity index is 1.30. The third-order valence-corrected chi connectivity index (χ3v) is 21.9. The summed E-state index contributed by atoms with van der Waals surface area (Å²) in [6.45, 7) is 1.65. The van der Waals surface area contributed by atoms with Gasteiger partial charge in [0.15, 0.2) is 18.9 Å². The SMILES string of the molecule is CC/C=C\C/C=C\C/C=C\C/C=C\C/C=C\CCCCCCCCCCCCCCCCCCCCCCCCCCCC(=O)NC(COC1OC(CO)C(OC2OC(CO)C(OC3OC(CO)C(O)C(O)C3O)C(O)C2O)C(O)C1O)C(O)/C=C/CC/C=C/CCCCCCCCCCCCCCCCCCCC. The molecule has 0 aromatic carbocycles. The Labute approximate surface area is 667 Å². The number of unbranched alkanes of at least 4 members (excludes halogenated alkanes) is 44. The van der Waals surface area contributed by atoms with Gasteiger partial charge in [-0.25, -0.2) is 0 Å². The zero-order chi connectivity index (χ0) is 79.5. The predicted octanol–water partition coefficient (Wildman–Crippen LogP) is 16.9. The molecule has 0 spiro atoms. The summed E-state index contributed by atoms with van der Waals surface area (Å²) in [4.78, 5) is 13.5. The van der Waals surface area contributed by atoms with Crippen LogP contribution in [0.4, 0.5) is 0 Å². The van der Waals surface area contributed by atoms with Crippen molar-refractivity contribution in [2.75, 3.05) is 26.4 Å². The van der Waals surface area contributed by atoms with Crippen LogP contribution in [0.25, 0.3) is 0 Å². The van der Waals surface area contributed by atoms with Gasteiger partial charge in [-0.05, 0) is 77.0 Å². The van der Waals surface area contributed by atoms with Crippen LogP contribution in [-0.4, -0.2) is 193 Å². The first-order valence-electron chi connectivity index (χ1n) is 44.8. The molecule has 1 amide bonds. The molecule has 110 heavy (non-hydrogen) atoms. The van der Waals surface area contributed by atoms with Gasteiger partial charge in [0.05, 0.1) is 38.6 Å². The van der Waals surface area contributed by atoms with E-state index in [1.807, 2.05) is 6.08 Å². The quantitative estimate of drug-likeness (QED) is 0.0199. The maximum absolute atomic E-state index is 13.5. The van der Waals surface area contributed by atoms with E-state index < -0.39 is 124 Å². The molecule has 19 nitrogen and oxygen atoms in total. The molecule has 12 N–H and O–H groups in total. The number of amides is 1. The Bertz CT molecular complexity index is 2310. The standard InChI is InChI=1S/C91H163NO18/c1-3-5-7-9-11-13-15-17-19-21-23-25-27-29-30-31-32-33-34-35-36-37-38-39-40-41-42-43-44-45-47-49-51-53-55-57-59-61-63-65-67-69-79(97)92-74(75(96)68-66-64-62-60-58-56-54-52-50-48-46-28-26-24-22-20-18-16-14-12-10-8-6-4-2)73-105-89-85(103)82(100)87(77(71-94)107-89)110-91-86(104)83(101)88(78(72-95)108-91)109-90-84(102)81(99)80(98)76(70-93)106-90/h5,7,11,13,17,19,23,25,29-30,58,60,66,68,74-78,80-91,93-96,98-104H,3-4,6,8-10,12,14-16,18,20-22,24,26-28,31-57,59,61-65,67,69-73H2,1-2H3,(H,92,97)/b7-5-,13-11-,19-17-,25-23-,30-29-,60-58+,68-66+. The van der Waals surface area contributed by atoms with E-state index >= 15 is 0 Å². The number of carbonyl (C=O) groups is 1. The molecule has 3 aliphatic heterocycles. The minimum absolute atomic E-state index is 0.237. The number of rotatable bonds is 72. The van der Waals surface area contributed by atoms with Gasteiger partial charge in [0.2, 0.25) is 5.91 Å². The molecule has 17 atom stereocenters. The van der Waals surface area contributed by atoms with Crippen molar-refractivity contribution in [3.63, 3.8) is 0 Å². The van der Waals surface area contributed by atoms with E-state index in [1.54, 1.807) is 6.08 Å². The normalized spacial score (nSPS) is 25.6. The molecule has 0 saturated carbocycles. The first-order valence-corrected chi connectivity index (χ1v) is 44.8. The summed E-state index contributed by atoms with van der Waals surface area (Å²) < 4.78 is 34.5. The van der Waals surface area contributed by atoms with Crippen molar-refractivity contribution < 1.29 is 89.4 Å². The third-order valence-electron chi connectivity index (χ3n) is 21.9. The van der Waals surface area contributed by atoms with Crippen molar-refractivity contribution in [2.45, 2.75) is 458 Å². The summed E-state index contributed by atoms with van der Waals surface area (Å²) in [5.74, 6) is -0.280. The van der Waals surface area contributed by atoms with Gasteiger partial charge in [0.1, 0.15) is 73.2 Å². The number of nitrogens with one attached hydrogen (secondary N) is 1. The lowest BCUT2D eigenvalue weighted by Crippen LogP contribution is -2.66. The molecular weight excluding hydrogens is 1390 g/mol. The fourth-order valence-corrected chi connectivity index (χ4v) is 14.8. The van der Waals surface area contributed by atoms with Crippen LogP contribution in [0.1, 0.15) is 354 Å². The molecule has 0 aromatic heterocycles. The summed E-state index contributed by atoms with van der Waals surface area (Å²) in [7, 11) is 0. The van der Waals surface area contributed by atoms with Crippen molar-refractivity contribution in [2.24, 2.45) is 0 Å². The highest BCUT2D eigenvalue weighted by Gasteiger charge is 2.54. The highest BCUT2D eigenvalue weighted by molar-refractivity contribution is 5.76. The maximum Gasteiger partial charge on any atom is 0.220 e. The third kappa shape index (κ3) is 48.5. The highest BCUT2D eigenvalue weighted by atomic mass is 16.8. The minimum atomic E-state index is -1.98. The summed E-state index contributed by atoms with van der Waals surface area (Å²) >= 11 is 0. The first-order chi connectivity index (χ1) is 53.8. The van der Waals surface area contributed by atoms with Gasteiger partial charge in [-0.1, -0.05) is 356 Å². The predicted molar refractivity (Wildman–Crippen MR) is 443 cm³/mol. The van der Waals surface area contributed by atoms with Crippen LogP contribution >= 0.6 is 0 Å². The molecule has 0 bridgehead atoms. The van der Waals surface area contributed by atoms with Gasteiger partial charge in [0.25, 0.3) is 0 Å². The first kappa shape index (κ1) is 101. The second-order valence-electron chi connectivity index (χ2n) is 31.7. The Morgan fingerprint density at radius 1 is 0.336 bits per heavy atom. The topological polar surface area (TPSA) is 307 Å². The van der Waals surface area contributed by atoms with Gasteiger partial charge in [-0.3, -0.25) is 4.79 Å². The van der Waals surface area contributed by atoms with Crippen molar-refractivity contribution in [1.82, 2.24) is 5.32 Å². The Morgan fingerprint density at radius 2 is 0.636 bits per heavy atom. The fourth-order valence-electron chi connectivity index (χ4n) is 14.8. The van der Waals surface area contributed by atoms with E-state index in [9.17, 15) is 61.0 Å². The Kier molecular flexibility index (Phi) is 64.6. The molecule has 0 radical (unpaired) electrons. The summed E-state index contributed by atoms with van der Waals surface area (Å²) in [5.41, 5.74) is 0. The molecule has 0 aromatic rings. The second-order valence-corrected chi connectivity index (χ2v) is 31.7. The van der Waals surface area contributed by atoms with Gasteiger partial charge in [-0.2, -0.15) is 0 Å². The average Bonchev–Trinajstić information content (AvgIpc) is 0.782. The average molecular weight is 1560 g/mol. The minimum Gasteiger partial charge on any atom is -0.394 e. The Morgan fingerprint density at radius 3 is 1.02 bits per heavy atom. The van der Waals surface area contributed by atoms with Crippen molar-refractivity contribution in [1.29, 1.82) is 0 Å². The lowest BCUT2D eigenvalue weighted by molar-refractivity contribution is -0.379. The summed E-state index contributed by atoms with van der Waals surface area (Å²) in [6.07, 6.45) is 68.9. The second kappa shape index (κ2) is 70.2. The number of allylic oxidation sites excluding steroid dienone is 13. The van der Waals surface area contributed by atoms with E-state index in [-0.39, 0.29) is 18.9 Å². The molecular formula is C91H163NO18. The van der Waals surface area contributed by atoms with Gasteiger partial charge in [-0.15, -0.1) is 0 Å². The molecule has 640 valence electrons. The maximum atomic E-state index is 13.5. The van der Waals surface area contributed by atoms with Crippen LogP contribution in [0.15, 0.2) is 85.1 Å². The molecule has 3 saturated heterocycles. The van der Waals surface area contributed by atoms with E-state index in [1.165, 1.54) is 250 Å². The number of hydrogen-bond acceptors (Lipinski definition) is 18. The number of aliphatic hydroxyl groups is 11. The number of carbonyl (C=O) groups excluding carboxylic acids is 1. The van der Waals surface area contributed by atoms with Crippen LogP contribution in [-0.2, 0) is 33.2 Å². The van der Waals surface area contributed by atoms with Crippen molar-refractivity contribution in [3.8, 4) is 0 Å². The smallest absolute Gasteiger partial charge is 0.220 e. The largest absolute Gasteiger partial charge is 0.394 e. The number of aliphatic hydroxyl groups excluding tert-OH is 11. The van der Waals surface area contributed by atoms with E-state index in [4.69, 9.17) is 28.4 Å². The highest BCUT2D eigenvalue weighted by Crippen LogP contribution is 2.33. The van der Waals surface area contributed by atoms with Crippen LogP contribution in [0, 0.1) is 0 Å². The van der Waals surface area contributed by atoms with Crippen LogP contribution in [0.3, 0.4) is 0 Å². The van der Waals surface area contributed by atoms with Crippen molar-refractivity contribution in [3.05, 3.63) is 85.1 Å². The molecule has 3 heterocycles. The number of hydrogen-bond donors (Lipinski definition) is 12. The van der Waals surface area contributed by atoms with E-state index in [0.717, 1.165) is 70.6 Å². The zero-order valence-electron chi connectivity index (χ0n) is 69.0. The Hall–Kier alpha value is -3.03. The van der Waals surface area contributed by atoms with Crippen LogP contribution in [0.2, 0.25) is 0 Å². The van der Waals surface area contributed by atoms with Crippen LogP contribution < -0.4 is 5.32 Å². The van der Waals surface area contributed by atoms with E-state index in [0.29, 0.717) is 12.8 Å². The fraction of sp³-hybridized carbons (Fsp3) is 0.835. The summed E-state index contributed by atoms with van der Waals surface area (Å²) in [5, 5.41) is 121. The number of ether oxygens (including phenoxy) is 6. The van der Waals surface area contributed by atoms with E-state index in [2.05, 4.69) is 92.1 Å². The molecule has 3 rings (SSSR count). The molecule has 3 aliphatic rings. The monoisotopic (exact) mass is 1560 g/mol. The molecule has 3 fully saturated rings. The van der Waals surface area contributed by atoms with Crippen LogP contribution in [0.5, 0.6) is 0 Å². The lowest BCUT2D eigenvalue weighted by atomic mass is 9.96. The van der Waals surface area contributed by atoms with Gasteiger partial charge in [0, 0.05) is 6.42 Å².